The van der Waals surface area contributed by atoms with Crippen LogP contribution in [0.2, 0.25) is 0 Å². The molecular formula is C16H13N3O. The van der Waals surface area contributed by atoms with Crippen LogP contribution in [-0.2, 0) is 4.79 Å². The van der Waals surface area contributed by atoms with Gasteiger partial charge in [0.05, 0.1) is 11.6 Å². The van der Waals surface area contributed by atoms with Crippen LogP contribution in [0.4, 0.5) is 5.82 Å². The van der Waals surface area contributed by atoms with Gasteiger partial charge in [-0.1, -0.05) is 18.2 Å². The zero-order valence-electron chi connectivity index (χ0n) is 11.0. The number of carbonyl (C=O) groups is 1. The molecule has 1 heterocycles. The summed E-state index contributed by atoms with van der Waals surface area (Å²) in [6.45, 7) is 1.86. The molecule has 1 N–H and O–H groups in total. The lowest BCUT2D eigenvalue weighted by Crippen LogP contribution is -2.09. The second kappa shape index (κ2) is 6.30. The second-order valence-electron chi connectivity index (χ2n) is 4.22. The van der Waals surface area contributed by atoms with Gasteiger partial charge in [-0.15, -0.1) is 0 Å². The van der Waals surface area contributed by atoms with Gasteiger partial charge in [-0.2, -0.15) is 5.26 Å². The molecule has 0 saturated carbocycles. The number of hydrogen-bond donors (Lipinski definition) is 1. The monoisotopic (exact) mass is 263 g/mol. The zero-order chi connectivity index (χ0) is 14.4. The van der Waals surface area contributed by atoms with Crippen molar-refractivity contribution < 1.29 is 4.79 Å². The number of benzene rings is 1. The number of pyridine rings is 1. The first kappa shape index (κ1) is 13.5. The van der Waals surface area contributed by atoms with Crippen LogP contribution in [0.5, 0.6) is 0 Å². The largest absolute Gasteiger partial charge is 0.307 e. The van der Waals surface area contributed by atoms with E-state index in [1.807, 2.05) is 25.1 Å². The molecule has 1 amide bonds. The molecule has 0 aliphatic rings. The molecule has 1 aromatic carbocycles. The molecule has 98 valence electrons. The molecule has 0 bridgehead atoms. The Labute approximate surface area is 117 Å². The van der Waals surface area contributed by atoms with Crippen LogP contribution >= 0.6 is 0 Å². The molecule has 0 fully saturated rings. The average molecular weight is 263 g/mol. The summed E-state index contributed by atoms with van der Waals surface area (Å²) in [6, 6.07) is 14.5. The quantitative estimate of drug-likeness (QED) is 0.866. The molecule has 0 atom stereocenters. The molecule has 1 aromatic heterocycles. The predicted molar refractivity (Wildman–Crippen MR) is 77.8 cm³/mol. The van der Waals surface area contributed by atoms with Crippen LogP contribution < -0.4 is 5.32 Å². The van der Waals surface area contributed by atoms with Gasteiger partial charge >= 0.3 is 0 Å². The first-order valence-electron chi connectivity index (χ1n) is 6.10. The van der Waals surface area contributed by atoms with Crippen molar-refractivity contribution in [1.29, 1.82) is 5.26 Å². The van der Waals surface area contributed by atoms with Crippen LogP contribution in [0.15, 0.2) is 48.5 Å². The molecule has 20 heavy (non-hydrogen) atoms. The number of aromatic nitrogens is 1. The van der Waals surface area contributed by atoms with Crippen molar-refractivity contribution in [2.24, 2.45) is 0 Å². The number of nitrogens with zero attached hydrogens (tertiary/aromatic N) is 2. The number of amides is 1. The average Bonchev–Trinajstić information content (AvgIpc) is 2.45. The predicted octanol–water partition coefficient (Wildman–Crippen LogP) is 2.91. The minimum Gasteiger partial charge on any atom is -0.307 e. The maximum Gasteiger partial charge on any atom is 0.249 e. The van der Waals surface area contributed by atoms with Crippen LogP contribution in [-0.4, -0.2) is 10.9 Å². The molecule has 4 nitrogen and oxygen atoms in total. The zero-order valence-corrected chi connectivity index (χ0v) is 11.0. The van der Waals surface area contributed by atoms with Gasteiger partial charge in [-0.25, -0.2) is 4.98 Å². The summed E-state index contributed by atoms with van der Waals surface area (Å²) in [5.41, 5.74) is 2.21. The number of hydrogen-bond acceptors (Lipinski definition) is 3. The third kappa shape index (κ3) is 3.79. The summed E-state index contributed by atoms with van der Waals surface area (Å²) in [7, 11) is 0. The number of nitriles is 1. The van der Waals surface area contributed by atoms with Crippen molar-refractivity contribution in [3.05, 3.63) is 65.4 Å². The second-order valence-corrected chi connectivity index (χ2v) is 4.22. The van der Waals surface area contributed by atoms with E-state index < -0.39 is 0 Å². The molecule has 0 aliphatic heterocycles. The van der Waals surface area contributed by atoms with E-state index in [-0.39, 0.29) is 5.91 Å². The van der Waals surface area contributed by atoms with E-state index in [0.717, 1.165) is 11.3 Å². The lowest BCUT2D eigenvalue weighted by molar-refractivity contribution is -0.111. The van der Waals surface area contributed by atoms with Gasteiger partial charge in [0.25, 0.3) is 0 Å². The highest BCUT2D eigenvalue weighted by atomic mass is 16.1. The topological polar surface area (TPSA) is 65.8 Å². The van der Waals surface area contributed by atoms with Crippen LogP contribution in [0, 0.1) is 18.3 Å². The molecule has 2 aromatic rings. The lowest BCUT2D eigenvalue weighted by atomic mass is 10.1. The van der Waals surface area contributed by atoms with Gasteiger partial charge in [0.2, 0.25) is 5.91 Å². The highest BCUT2D eigenvalue weighted by Crippen LogP contribution is 2.07. The minimum absolute atomic E-state index is 0.259. The summed E-state index contributed by atoms with van der Waals surface area (Å²) in [5.74, 6) is 0.260. The maximum atomic E-state index is 11.7. The number of nitrogens with one attached hydrogen (secondary N) is 1. The lowest BCUT2D eigenvalue weighted by Gasteiger charge is -2.01. The summed E-state index contributed by atoms with van der Waals surface area (Å²) in [6.07, 6.45) is 3.08. The smallest absolute Gasteiger partial charge is 0.249 e. The third-order valence-corrected chi connectivity index (χ3v) is 2.58. The molecule has 0 unspecified atom stereocenters. The van der Waals surface area contributed by atoms with E-state index in [9.17, 15) is 4.79 Å². The highest BCUT2D eigenvalue weighted by Gasteiger charge is 1.99. The van der Waals surface area contributed by atoms with Crippen LogP contribution in [0.25, 0.3) is 6.08 Å². The Balaban J connectivity index is 2.04. The van der Waals surface area contributed by atoms with E-state index in [2.05, 4.69) is 16.4 Å². The molecule has 2 rings (SSSR count). The van der Waals surface area contributed by atoms with Gasteiger partial charge in [0, 0.05) is 11.8 Å². The fraction of sp³-hybridized carbons (Fsp3) is 0.0625. The van der Waals surface area contributed by atoms with Crippen molar-refractivity contribution in [3.63, 3.8) is 0 Å². The van der Waals surface area contributed by atoms with Crippen molar-refractivity contribution in [1.82, 2.24) is 4.98 Å². The summed E-state index contributed by atoms with van der Waals surface area (Å²) in [4.78, 5) is 15.9. The summed E-state index contributed by atoms with van der Waals surface area (Å²) < 4.78 is 0. The van der Waals surface area contributed by atoms with E-state index >= 15 is 0 Å². The van der Waals surface area contributed by atoms with Crippen molar-refractivity contribution in [2.45, 2.75) is 6.92 Å². The summed E-state index contributed by atoms with van der Waals surface area (Å²) >= 11 is 0. The van der Waals surface area contributed by atoms with Crippen molar-refractivity contribution >= 4 is 17.8 Å². The highest BCUT2D eigenvalue weighted by molar-refractivity contribution is 6.01. The third-order valence-electron chi connectivity index (χ3n) is 2.58. The van der Waals surface area contributed by atoms with E-state index in [0.29, 0.717) is 11.4 Å². The normalized spacial score (nSPS) is 10.2. The molecular weight excluding hydrogens is 250 g/mol. The molecule has 4 heteroatoms. The standard InChI is InChI=1S/C16H13N3O/c1-12-4-2-7-15(18-12)19-16(20)9-8-13-5-3-6-14(10-13)11-17/h2-10H,1H3,(H,18,19,20)/b9-8+. The first-order valence-corrected chi connectivity index (χ1v) is 6.10. The van der Waals surface area contributed by atoms with Gasteiger partial charge in [-0.05, 0) is 42.8 Å². The Morgan fingerprint density at radius 3 is 2.85 bits per heavy atom. The Morgan fingerprint density at radius 1 is 1.30 bits per heavy atom. The fourth-order valence-electron chi connectivity index (χ4n) is 1.66. The number of anilines is 1. The van der Waals surface area contributed by atoms with Crippen molar-refractivity contribution in [2.75, 3.05) is 5.32 Å². The first-order chi connectivity index (χ1) is 9.67. The Hall–Kier alpha value is -2.93. The van der Waals surface area contributed by atoms with Gasteiger partial charge in [0.15, 0.2) is 0 Å². The minimum atomic E-state index is -0.259. The SMILES string of the molecule is Cc1cccc(NC(=O)/C=C/c2cccc(C#N)c2)n1. The van der Waals surface area contributed by atoms with Gasteiger partial charge in [0.1, 0.15) is 5.82 Å². The number of aryl methyl sites for hydroxylation is 1. The van der Waals surface area contributed by atoms with E-state index in [4.69, 9.17) is 5.26 Å². The fourth-order valence-corrected chi connectivity index (χ4v) is 1.66. The maximum absolute atomic E-state index is 11.7. The molecule has 0 saturated heterocycles. The van der Waals surface area contributed by atoms with E-state index in [1.165, 1.54) is 6.08 Å². The van der Waals surface area contributed by atoms with Crippen molar-refractivity contribution in [3.8, 4) is 6.07 Å². The number of rotatable bonds is 3. The van der Waals surface area contributed by atoms with Gasteiger partial charge < -0.3 is 5.32 Å². The van der Waals surface area contributed by atoms with Crippen LogP contribution in [0.1, 0.15) is 16.8 Å². The van der Waals surface area contributed by atoms with Gasteiger partial charge in [-0.3, -0.25) is 4.79 Å². The molecule has 0 spiro atoms. The summed E-state index contributed by atoms with van der Waals surface area (Å²) in [5, 5.41) is 11.5. The molecule has 0 radical (unpaired) electrons. The van der Waals surface area contributed by atoms with E-state index in [1.54, 1.807) is 30.3 Å². The van der Waals surface area contributed by atoms with Crippen LogP contribution in [0.3, 0.4) is 0 Å². The Bertz CT molecular complexity index is 699. The Morgan fingerprint density at radius 2 is 2.10 bits per heavy atom. The Kier molecular flexibility index (Phi) is 4.25. The number of carbonyl (C=O) groups excluding carboxylic acids is 1. The molecule has 0 aliphatic carbocycles.